The third kappa shape index (κ3) is 3.82. The molecule has 0 amide bonds. The summed E-state index contributed by atoms with van der Waals surface area (Å²) in [6.07, 6.45) is 0. The Morgan fingerprint density at radius 2 is 2.05 bits per heavy atom. The Morgan fingerprint density at radius 1 is 1.29 bits per heavy atom. The molecule has 110 valence electrons. The van der Waals surface area contributed by atoms with E-state index in [-0.39, 0.29) is 18.1 Å². The van der Waals surface area contributed by atoms with Crippen LogP contribution in [0.1, 0.15) is 16.3 Å². The summed E-state index contributed by atoms with van der Waals surface area (Å²) < 4.78 is 10.6. The van der Waals surface area contributed by atoms with Gasteiger partial charge in [0.2, 0.25) is 0 Å². The maximum atomic E-state index is 11.0. The van der Waals surface area contributed by atoms with Crippen molar-refractivity contribution in [1.82, 2.24) is 9.97 Å². The molecular formula is C14H15N3O4. The standard InChI is InChI=1S/C14H15N3O4/c1-15-12-7-11(14(18)19)16-13(17-12)8-21-10-5-3-4-9(6-10)20-2/h3-7H,8H2,1-2H3,(H,18,19)(H,15,16,17). The third-order valence-electron chi connectivity index (χ3n) is 2.66. The van der Waals surface area contributed by atoms with Crippen molar-refractivity contribution >= 4 is 11.8 Å². The van der Waals surface area contributed by atoms with Crippen LogP contribution < -0.4 is 14.8 Å². The highest BCUT2D eigenvalue weighted by molar-refractivity contribution is 5.86. The van der Waals surface area contributed by atoms with Crippen molar-refractivity contribution in [1.29, 1.82) is 0 Å². The lowest BCUT2D eigenvalue weighted by Crippen LogP contribution is -2.10. The summed E-state index contributed by atoms with van der Waals surface area (Å²) in [5, 5.41) is 11.8. The number of benzene rings is 1. The predicted octanol–water partition coefficient (Wildman–Crippen LogP) is 1.80. The third-order valence-corrected chi connectivity index (χ3v) is 2.66. The number of aromatic nitrogens is 2. The van der Waals surface area contributed by atoms with E-state index < -0.39 is 5.97 Å². The van der Waals surface area contributed by atoms with Crippen LogP contribution in [0.25, 0.3) is 0 Å². The van der Waals surface area contributed by atoms with E-state index in [0.717, 1.165) is 0 Å². The number of carboxylic acids is 1. The summed E-state index contributed by atoms with van der Waals surface area (Å²) in [5.41, 5.74) is -0.0846. The number of nitrogens with one attached hydrogen (secondary N) is 1. The van der Waals surface area contributed by atoms with Crippen molar-refractivity contribution in [2.75, 3.05) is 19.5 Å². The zero-order chi connectivity index (χ0) is 15.2. The van der Waals surface area contributed by atoms with Gasteiger partial charge < -0.3 is 19.9 Å². The maximum Gasteiger partial charge on any atom is 0.354 e. The van der Waals surface area contributed by atoms with E-state index >= 15 is 0 Å². The zero-order valence-corrected chi connectivity index (χ0v) is 11.7. The quantitative estimate of drug-likeness (QED) is 0.837. The Balaban J connectivity index is 2.15. The molecule has 1 heterocycles. The molecule has 0 bridgehead atoms. The molecule has 1 aromatic heterocycles. The van der Waals surface area contributed by atoms with Crippen molar-refractivity contribution in [2.24, 2.45) is 0 Å². The van der Waals surface area contributed by atoms with E-state index in [1.807, 2.05) is 0 Å². The molecule has 0 atom stereocenters. The van der Waals surface area contributed by atoms with Crippen LogP contribution in [-0.4, -0.2) is 35.2 Å². The fraction of sp³-hybridized carbons (Fsp3) is 0.214. The molecule has 1 aromatic carbocycles. The van der Waals surface area contributed by atoms with Crippen molar-refractivity contribution in [2.45, 2.75) is 6.61 Å². The van der Waals surface area contributed by atoms with Gasteiger partial charge in [0.05, 0.1) is 7.11 Å². The van der Waals surface area contributed by atoms with Gasteiger partial charge in [0.1, 0.15) is 23.9 Å². The average Bonchev–Trinajstić information content (AvgIpc) is 2.52. The van der Waals surface area contributed by atoms with Crippen LogP contribution in [0.2, 0.25) is 0 Å². The summed E-state index contributed by atoms with van der Waals surface area (Å²) in [4.78, 5) is 19.1. The van der Waals surface area contributed by atoms with Gasteiger partial charge in [-0.05, 0) is 12.1 Å². The van der Waals surface area contributed by atoms with Crippen LogP contribution in [0.3, 0.4) is 0 Å². The Hall–Kier alpha value is -2.83. The lowest BCUT2D eigenvalue weighted by atomic mass is 10.3. The molecule has 0 aliphatic heterocycles. The lowest BCUT2D eigenvalue weighted by molar-refractivity contribution is 0.0689. The van der Waals surface area contributed by atoms with E-state index in [0.29, 0.717) is 17.3 Å². The average molecular weight is 289 g/mol. The summed E-state index contributed by atoms with van der Waals surface area (Å²) in [6, 6.07) is 8.44. The van der Waals surface area contributed by atoms with Crippen LogP contribution in [0.15, 0.2) is 30.3 Å². The van der Waals surface area contributed by atoms with E-state index in [4.69, 9.17) is 14.6 Å². The highest BCUT2D eigenvalue weighted by atomic mass is 16.5. The van der Waals surface area contributed by atoms with Gasteiger partial charge in [0.15, 0.2) is 11.5 Å². The van der Waals surface area contributed by atoms with Crippen LogP contribution in [-0.2, 0) is 6.61 Å². The number of hydrogen-bond donors (Lipinski definition) is 2. The zero-order valence-electron chi connectivity index (χ0n) is 11.7. The van der Waals surface area contributed by atoms with E-state index in [1.54, 1.807) is 38.4 Å². The van der Waals surface area contributed by atoms with Gasteiger partial charge in [0.25, 0.3) is 0 Å². The van der Waals surface area contributed by atoms with Crippen LogP contribution >= 0.6 is 0 Å². The smallest absolute Gasteiger partial charge is 0.354 e. The monoisotopic (exact) mass is 289 g/mol. The summed E-state index contributed by atoms with van der Waals surface area (Å²) in [6.45, 7) is 0.0585. The second kappa shape index (κ2) is 6.56. The highest BCUT2D eigenvalue weighted by Gasteiger charge is 2.10. The maximum absolute atomic E-state index is 11.0. The second-order valence-corrected chi connectivity index (χ2v) is 4.08. The molecule has 0 fully saturated rings. The van der Waals surface area contributed by atoms with Crippen molar-refractivity contribution in [3.63, 3.8) is 0 Å². The number of rotatable bonds is 6. The minimum Gasteiger partial charge on any atom is -0.497 e. The topological polar surface area (TPSA) is 93.6 Å². The normalized spacial score (nSPS) is 10.0. The van der Waals surface area contributed by atoms with Gasteiger partial charge in [-0.2, -0.15) is 0 Å². The van der Waals surface area contributed by atoms with E-state index in [1.165, 1.54) is 6.07 Å². The summed E-state index contributed by atoms with van der Waals surface area (Å²) >= 11 is 0. The molecule has 2 rings (SSSR count). The largest absolute Gasteiger partial charge is 0.497 e. The number of ether oxygens (including phenoxy) is 2. The molecule has 7 heteroatoms. The Kier molecular flexibility index (Phi) is 4.55. The minimum absolute atomic E-state index is 0.0585. The molecule has 7 nitrogen and oxygen atoms in total. The molecule has 2 aromatic rings. The first-order chi connectivity index (χ1) is 10.1. The molecule has 0 aliphatic rings. The second-order valence-electron chi connectivity index (χ2n) is 4.08. The number of hydrogen-bond acceptors (Lipinski definition) is 6. The first kappa shape index (κ1) is 14.6. The molecule has 0 aliphatic carbocycles. The fourth-order valence-corrected chi connectivity index (χ4v) is 1.64. The number of carboxylic acid groups (broad SMARTS) is 1. The van der Waals surface area contributed by atoms with E-state index in [2.05, 4.69) is 15.3 Å². The Morgan fingerprint density at radius 3 is 2.71 bits per heavy atom. The molecular weight excluding hydrogens is 274 g/mol. The van der Waals surface area contributed by atoms with Gasteiger partial charge in [-0.1, -0.05) is 6.07 Å². The van der Waals surface area contributed by atoms with Gasteiger partial charge >= 0.3 is 5.97 Å². The number of nitrogens with zero attached hydrogens (tertiary/aromatic N) is 2. The van der Waals surface area contributed by atoms with Crippen molar-refractivity contribution in [3.8, 4) is 11.5 Å². The number of methoxy groups -OCH3 is 1. The molecule has 0 spiro atoms. The van der Waals surface area contributed by atoms with Gasteiger partial charge in [-0.25, -0.2) is 14.8 Å². The van der Waals surface area contributed by atoms with Crippen LogP contribution in [0.5, 0.6) is 11.5 Å². The molecule has 0 saturated carbocycles. The van der Waals surface area contributed by atoms with E-state index in [9.17, 15) is 4.79 Å². The van der Waals surface area contributed by atoms with Gasteiger partial charge in [-0.3, -0.25) is 0 Å². The van der Waals surface area contributed by atoms with Gasteiger partial charge in [-0.15, -0.1) is 0 Å². The molecule has 2 N–H and O–H groups in total. The highest BCUT2D eigenvalue weighted by Crippen LogP contribution is 2.19. The molecule has 0 unspecified atom stereocenters. The lowest BCUT2D eigenvalue weighted by Gasteiger charge is -2.08. The molecule has 0 saturated heterocycles. The number of aromatic carboxylic acids is 1. The first-order valence-electron chi connectivity index (χ1n) is 6.18. The molecule has 0 radical (unpaired) electrons. The predicted molar refractivity (Wildman–Crippen MR) is 75.9 cm³/mol. The van der Waals surface area contributed by atoms with Crippen molar-refractivity contribution in [3.05, 3.63) is 41.9 Å². The minimum atomic E-state index is -1.11. The fourth-order valence-electron chi connectivity index (χ4n) is 1.64. The SMILES string of the molecule is CNc1cc(C(=O)O)nc(COc2cccc(OC)c2)n1. The summed E-state index contributed by atoms with van der Waals surface area (Å²) in [7, 11) is 3.22. The van der Waals surface area contributed by atoms with Crippen molar-refractivity contribution < 1.29 is 19.4 Å². The van der Waals surface area contributed by atoms with Gasteiger partial charge in [0, 0.05) is 19.2 Å². The Labute approximate surface area is 121 Å². The van der Waals surface area contributed by atoms with Crippen LogP contribution in [0.4, 0.5) is 5.82 Å². The summed E-state index contributed by atoms with van der Waals surface area (Å²) in [5.74, 6) is 0.846. The molecule has 21 heavy (non-hydrogen) atoms. The first-order valence-corrected chi connectivity index (χ1v) is 6.18. The number of carbonyl (C=O) groups is 1. The van der Waals surface area contributed by atoms with Crippen LogP contribution in [0, 0.1) is 0 Å². The number of anilines is 1. The Bertz CT molecular complexity index is 646.